The number of halogens is 2. The molecule has 0 unspecified atom stereocenters. The van der Waals surface area contributed by atoms with E-state index in [0.29, 0.717) is 0 Å². The first kappa shape index (κ1) is 15.2. The number of anilines is 1. The lowest BCUT2D eigenvalue weighted by Crippen LogP contribution is -2.24. The highest BCUT2D eigenvalue weighted by atomic mass is 19.3. The Balaban J connectivity index is 2.91. The van der Waals surface area contributed by atoms with Crippen LogP contribution in [0.1, 0.15) is 31.1 Å². The molecule has 0 heterocycles. The van der Waals surface area contributed by atoms with Crippen LogP contribution in [0.15, 0.2) is 18.2 Å². The molecule has 0 aliphatic rings. The van der Waals surface area contributed by atoms with Crippen molar-refractivity contribution in [2.24, 2.45) is 0 Å². The van der Waals surface area contributed by atoms with E-state index in [1.807, 2.05) is 0 Å². The molecule has 4 nitrogen and oxygen atoms in total. The molecule has 0 fully saturated rings. The molecule has 0 bridgehead atoms. The van der Waals surface area contributed by atoms with Crippen LogP contribution in [0, 0.1) is 0 Å². The van der Waals surface area contributed by atoms with Crippen LogP contribution >= 0.6 is 0 Å². The molecule has 0 atom stereocenters. The van der Waals surface area contributed by atoms with Crippen LogP contribution in [0.4, 0.5) is 14.5 Å². The van der Waals surface area contributed by atoms with Crippen LogP contribution in [-0.2, 0) is 4.74 Å². The van der Waals surface area contributed by atoms with Gasteiger partial charge in [0.2, 0.25) is 0 Å². The second kappa shape index (κ2) is 5.86. The summed E-state index contributed by atoms with van der Waals surface area (Å²) in [4.78, 5) is 11.9. The van der Waals surface area contributed by atoms with Gasteiger partial charge < -0.3 is 15.2 Å². The molecule has 106 valence electrons. The van der Waals surface area contributed by atoms with Crippen LogP contribution in [0.5, 0.6) is 5.75 Å². The van der Waals surface area contributed by atoms with Crippen LogP contribution in [0.25, 0.3) is 0 Å². The molecule has 0 saturated heterocycles. The number of hydrogen-bond acceptors (Lipinski definition) is 4. The Morgan fingerprint density at radius 1 is 1.37 bits per heavy atom. The van der Waals surface area contributed by atoms with Gasteiger partial charge in [0.25, 0.3) is 6.43 Å². The fourth-order valence-corrected chi connectivity index (χ4v) is 1.33. The van der Waals surface area contributed by atoms with Crippen molar-refractivity contribution in [3.05, 3.63) is 23.8 Å². The zero-order valence-electron chi connectivity index (χ0n) is 11.1. The maximum absolute atomic E-state index is 12.1. The molecule has 2 N–H and O–H groups in total. The quantitative estimate of drug-likeness (QED) is 0.677. The lowest BCUT2D eigenvalue weighted by Gasteiger charge is -2.20. The zero-order chi connectivity index (χ0) is 14.6. The van der Waals surface area contributed by atoms with Crippen molar-refractivity contribution in [3.8, 4) is 5.75 Å². The van der Waals surface area contributed by atoms with Gasteiger partial charge in [-0.3, -0.25) is 0 Å². The summed E-state index contributed by atoms with van der Waals surface area (Å²) in [5.74, 6) is -0.573. The normalized spacial score (nSPS) is 11.5. The molecule has 0 aliphatic heterocycles. The maximum atomic E-state index is 12.1. The maximum Gasteiger partial charge on any atom is 0.340 e. The first-order valence-electron chi connectivity index (χ1n) is 5.73. The van der Waals surface area contributed by atoms with Crippen molar-refractivity contribution >= 4 is 11.7 Å². The predicted molar refractivity (Wildman–Crippen MR) is 67.5 cm³/mol. The molecule has 0 aliphatic carbocycles. The fraction of sp³-hybridized carbons (Fsp3) is 0.462. The second-order valence-corrected chi connectivity index (χ2v) is 4.92. The van der Waals surface area contributed by atoms with E-state index in [0.717, 1.165) is 0 Å². The summed E-state index contributed by atoms with van der Waals surface area (Å²) in [6.45, 7) is 4.39. The first-order valence-corrected chi connectivity index (χ1v) is 5.73. The molecule has 1 aromatic rings. The highest BCUT2D eigenvalue weighted by Crippen LogP contribution is 2.27. The number of nitrogen functional groups attached to an aromatic ring is 1. The predicted octanol–water partition coefficient (Wildman–Crippen LogP) is 2.87. The van der Waals surface area contributed by atoms with E-state index in [1.165, 1.54) is 18.2 Å². The number of benzene rings is 1. The number of carbonyl (C=O) groups is 1. The third kappa shape index (κ3) is 4.73. The number of carbonyl (C=O) groups excluding carboxylic acids is 1. The molecule has 1 aromatic carbocycles. The Labute approximate surface area is 110 Å². The summed E-state index contributed by atoms with van der Waals surface area (Å²) < 4.78 is 34.2. The van der Waals surface area contributed by atoms with Crippen LogP contribution in [0.3, 0.4) is 0 Å². The third-order valence-corrected chi connectivity index (χ3v) is 2.05. The Morgan fingerprint density at radius 3 is 2.53 bits per heavy atom. The minimum absolute atomic E-state index is 0.00241. The lowest BCUT2D eigenvalue weighted by atomic mass is 10.1. The van der Waals surface area contributed by atoms with Crippen molar-refractivity contribution in [2.75, 3.05) is 12.3 Å². The van der Waals surface area contributed by atoms with E-state index in [4.69, 9.17) is 15.2 Å². The molecule has 19 heavy (non-hydrogen) atoms. The number of rotatable bonds is 4. The second-order valence-electron chi connectivity index (χ2n) is 4.92. The average molecular weight is 273 g/mol. The van der Waals surface area contributed by atoms with Gasteiger partial charge in [-0.2, -0.15) is 0 Å². The molecule has 1 rings (SSSR count). The Hall–Kier alpha value is -1.85. The summed E-state index contributed by atoms with van der Waals surface area (Å²) >= 11 is 0. The number of para-hydroxylation sites is 1. The summed E-state index contributed by atoms with van der Waals surface area (Å²) in [7, 11) is 0. The lowest BCUT2D eigenvalue weighted by molar-refractivity contribution is 0.00704. The number of alkyl halides is 2. The Kier molecular flexibility index (Phi) is 4.69. The smallest absolute Gasteiger partial charge is 0.340 e. The number of esters is 1. The fourth-order valence-electron chi connectivity index (χ4n) is 1.33. The number of nitrogens with two attached hydrogens (primary N) is 1. The topological polar surface area (TPSA) is 61.5 Å². The van der Waals surface area contributed by atoms with Gasteiger partial charge in [-0.25, -0.2) is 13.6 Å². The highest BCUT2D eigenvalue weighted by Gasteiger charge is 2.21. The van der Waals surface area contributed by atoms with E-state index >= 15 is 0 Å². The van der Waals surface area contributed by atoms with Gasteiger partial charge in [-0.1, -0.05) is 6.07 Å². The van der Waals surface area contributed by atoms with E-state index in [2.05, 4.69) is 0 Å². The number of hydrogen-bond donors (Lipinski definition) is 1. The minimum Gasteiger partial charge on any atom is -0.485 e. The monoisotopic (exact) mass is 273 g/mol. The summed E-state index contributed by atoms with van der Waals surface area (Å²) in [5, 5.41) is 0. The first-order chi connectivity index (χ1) is 8.70. The standard InChI is InChI=1S/C13H17F2NO3/c1-13(2,3)19-12(17)8-5-4-6-9(11(8)16)18-7-10(14)15/h4-6,10H,7,16H2,1-3H3. The molecular formula is C13H17F2NO3. The summed E-state index contributed by atoms with van der Waals surface area (Å²) in [6, 6.07) is 4.38. The molecule has 0 saturated carbocycles. The van der Waals surface area contributed by atoms with Gasteiger partial charge >= 0.3 is 5.97 Å². The van der Waals surface area contributed by atoms with Gasteiger partial charge in [0, 0.05) is 0 Å². The molecular weight excluding hydrogens is 256 g/mol. The van der Waals surface area contributed by atoms with Crippen molar-refractivity contribution in [2.45, 2.75) is 32.8 Å². The van der Waals surface area contributed by atoms with Gasteiger partial charge in [0.15, 0.2) is 0 Å². The molecule has 0 aromatic heterocycles. The molecule has 0 amide bonds. The van der Waals surface area contributed by atoms with Crippen LogP contribution in [-0.4, -0.2) is 24.6 Å². The van der Waals surface area contributed by atoms with Crippen LogP contribution in [0.2, 0.25) is 0 Å². The summed E-state index contributed by atoms with van der Waals surface area (Å²) in [6.07, 6.45) is -2.61. The minimum atomic E-state index is -2.61. The van der Waals surface area contributed by atoms with Gasteiger partial charge in [-0.15, -0.1) is 0 Å². The Bertz CT molecular complexity index is 456. The largest absolute Gasteiger partial charge is 0.485 e. The van der Waals surface area contributed by atoms with Crippen LogP contribution < -0.4 is 10.5 Å². The molecule has 6 heteroatoms. The molecule has 0 spiro atoms. The van der Waals surface area contributed by atoms with E-state index in [1.54, 1.807) is 20.8 Å². The van der Waals surface area contributed by atoms with E-state index in [-0.39, 0.29) is 17.0 Å². The Morgan fingerprint density at radius 2 is 2.00 bits per heavy atom. The van der Waals surface area contributed by atoms with E-state index < -0.39 is 24.6 Å². The van der Waals surface area contributed by atoms with Gasteiger partial charge in [0.05, 0.1) is 11.3 Å². The average Bonchev–Trinajstić information content (AvgIpc) is 2.25. The SMILES string of the molecule is CC(C)(C)OC(=O)c1cccc(OCC(F)F)c1N. The third-order valence-electron chi connectivity index (χ3n) is 2.05. The van der Waals surface area contributed by atoms with Gasteiger partial charge in [0.1, 0.15) is 18.0 Å². The van der Waals surface area contributed by atoms with Gasteiger partial charge in [-0.05, 0) is 32.9 Å². The van der Waals surface area contributed by atoms with E-state index in [9.17, 15) is 13.6 Å². The number of ether oxygens (including phenoxy) is 2. The highest BCUT2D eigenvalue weighted by molar-refractivity contribution is 5.96. The van der Waals surface area contributed by atoms with Crippen molar-refractivity contribution in [1.82, 2.24) is 0 Å². The zero-order valence-corrected chi connectivity index (χ0v) is 11.1. The summed E-state index contributed by atoms with van der Waals surface area (Å²) in [5.41, 5.74) is 5.15. The van der Waals surface area contributed by atoms with Crippen molar-refractivity contribution in [3.63, 3.8) is 0 Å². The van der Waals surface area contributed by atoms with Crippen molar-refractivity contribution < 1.29 is 23.0 Å². The molecule has 0 radical (unpaired) electrons. The van der Waals surface area contributed by atoms with Crippen molar-refractivity contribution in [1.29, 1.82) is 0 Å².